The first-order valence-electron chi connectivity index (χ1n) is 6.47. The van der Waals surface area contributed by atoms with Gasteiger partial charge in [0.2, 0.25) is 5.91 Å². The predicted molar refractivity (Wildman–Crippen MR) is 75.7 cm³/mol. The lowest BCUT2D eigenvalue weighted by Gasteiger charge is -2.47. The molecule has 0 aromatic heterocycles. The lowest BCUT2D eigenvalue weighted by Crippen LogP contribution is -2.56. The largest absolute Gasteiger partial charge is 0.367 e. The third-order valence-electron chi connectivity index (χ3n) is 3.56. The smallest absolute Gasteiger partial charge is 0.230 e. The number of carbonyl (C=O) groups excluding carboxylic acids is 2. The van der Waals surface area contributed by atoms with Crippen molar-refractivity contribution in [2.45, 2.75) is 45.6 Å². The van der Waals surface area contributed by atoms with Gasteiger partial charge >= 0.3 is 0 Å². The lowest BCUT2D eigenvalue weighted by molar-refractivity contribution is -0.143. The highest BCUT2D eigenvalue weighted by molar-refractivity contribution is 8.00. The minimum absolute atomic E-state index is 0.0229. The summed E-state index contributed by atoms with van der Waals surface area (Å²) in [5.74, 6) is 0.978. The standard InChI is InChI=1S/C14H21NO3S/c1-8-7-19-10-6-9(16)15(10)11(8)12(18-5)13(17)14(2,3)4/h10,12H,6-7H2,1-5H3/t10-,12?/m0/s1. The number of hydrogen-bond acceptors (Lipinski definition) is 4. The first-order chi connectivity index (χ1) is 8.77. The quantitative estimate of drug-likeness (QED) is 0.745. The molecule has 0 radical (unpaired) electrons. The van der Waals surface area contributed by atoms with E-state index in [1.807, 2.05) is 27.7 Å². The number of hydrogen-bond donors (Lipinski definition) is 0. The number of nitrogens with zero attached hydrogens (tertiary/aromatic N) is 1. The highest BCUT2D eigenvalue weighted by Crippen LogP contribution is 2.42. The maximum atomic E-state index is 12.5. The van der Waals surface area contributed by atoms with Crippen LogP contribution < -0.4 is 0 Å². The Labute approximate surface area is 118 Å². The monoisotopic (exact) mass is 283 g/mol. The van der Waals surface area contributed by atoms with E-state index in [-0.39, 0.29) is 17.1 Å². The molecule has 1 saturated heterocycles. The molecule has 106 valence electrons. The zero-order valence-corrected chi connectivity index (χ0v) is 13.0. The average Bonchev–Trinajstić information content (AvgIpc) is 2.31. The summed E-state index contributed by atoms with van der Waals surface area (Å²) in [5.41, 5.74) is 1.36. The van der Waals surface area contributed by atoms with Crippen molar-refractivity contribution in [3.8, 4) is 0 Å². The molecular weight excluding hydrogens is 262 g/mol. The molecule has 0 aliphatic carbocycles. The van der Waals surface area contributed by atoms with Gasteiger partial charge in [-0.25, -0.2) is 0 Å². The highest BCUT2D eigenvalue weighted by Gasteiger charge is 2.47. The zero-order valence-electron chi connectivity index (χ0n) is 12.1. The number of fused-ring (bicyclic) bond motifs is 1. The van der Waals surface area contributed by atoms with Crippen LogP contribution in [0.25, 0.3) is 0 Å². The summed E-state index contributed by atoms with van der Waals surface area (Å²) in [6.45, 7) is 7.62. The van der Waals surface area contributed by atoms with Gasteiger partial charge in [0.25, 0.3) is 0 Å². The molecule has 1 unspecified atom stereocenters. The normalized spacial score (nSPS) is 25.0. The summed E-state index contributed by atoms with van der Waals surface area (Å²) >= 11 is 1.76. The van der Waals surface area contributed by atoms with E-state index in [0.29, 0.717) is 6.42 Å². The molecule has 0 N–H and O–H groups in total. The van der Waals surface area contributed by atoms with E-state index in [1.54, 1.807) is 16.7 Å². The number of thioether (sulfide) groups is 1. The number of ether oxygens (including phenoxy) is 1. The predicted octanol–water partition coefficient (Wildman–Crippen LogP) is 2.20. The van der Waals surface area contributed by atoms with Crippen LogP contribution in [0.1, 0.15) is 34.1 Å². The van der Waals surface area contributed by atoms with Gasteiger partial charge in [-0.15, -0.1) is 11.8 Å². The van der Waals surface area contributed by atoms with Crippen molar-refractivity contribution >= 4 is 23.5 Å². The molecule has 0 spiro atoms. The number of amides is 1. The Morgan fingerprint density at radius 3 is 2.58 bits per heavy atom. The number of β-lactam (4-membered cyclic amide) rings is 1. The van der Waals surface area contributed by atoms with Crippen molar-refractivity contribution < 1.29 is 14.3 Å². The van der Waals surface area contributed by atoms with Crippen LogP contribution in [-0.4, -0.2) is 40.9 Å². The van der Waals surface area contributed by atoms with E-state index >= 15 is 0 Å². The van der Waals surface area contributed by atoms with Crippen LogP contribution in [0.15, 0.2) is 11.3 Å². The van der Waals surface area contributed by atoms with E-state index in [4.69, 9.17) is 4.74 Å². The molecule has 4 nitrogen and oxygen atoms in total. The molecule has 1 fully saturated rings. The van der Waals surface area contributed by atoms with Gasteiger partial charge in [0.15, 0.2) is 11.9 Å². The third kappa shape index (κ3) is 2.46. The number of carbonyl (C=O) groups is 2. The molecule has 2 aliphatic rings. The van der Waals surface area contributed by atoms with E-state index < -0.39 is 11.5 Å². The van der Waals surface area contributed by atoms with Gasteiger partial charge in [-0.2, -0.15) is 0 Å². The summed E-state index contributed by atoms with van der Waals surface area (Å²) in [5, 5.41) is 0.191. The van der Waals surface area contributed by atoms with E-state index in [2.05, 4.69) is 0 Å². The van der Waals surface area contributed by atoms with E-state index in [1.165, 1.54) is 7.11 Å². The summed E-state index contributed by atoms with van der Waals surface area (Å²) in [4.78, 5) is 26.1. The molecule has 0 bridgehead atoms. The number of rotatable bonds is 3. The number of Topliss-reactive ketones (excluding diaryl/α,β-unsaturated/α-hetero) is 1. The zero-order chi connectivity index (χ0) is 14.4. The minimum atomic E-state index is -0.632. The highest BCUT2D eigenvalue weighted by atomic mass is 32.2. The maximum absolute atomic E-state index is 12.5. The van der Waals surface area contributed by atoms with Crippen LogP contribution in [-0.2, 0) is 14.3 Å². The summed E-state index contributed by atoms with van der Waals surface area (Å²) in [7, 11) is 1.54. The Bertz CT molecular complexity index is 450. The van der Waals surface area contributed by atoms with E-state index in [0.717, 1.165) is 17.0 Å². The van der Waals surface area contributed by atoms with Crippen molar-refractivity contribution in [3.05, 3.63) is 11.3 Å². The first kappa shape index (κ1) is 14.6. The molecule has 2 atom stereocenters. The van der Waals surface area contributed by atoms with Crippen LogP contribution in [0, 0.1) is 5.41 Å². The van der Waals surface area contributed by atoms with Crippen LogP contribution >= 0.6 is 11.8 Å². The summed E-state index contributed by atoms with van der Waals surface area (Å²) in [6, 6.07) is 0. The fraction of sp³-hybridized carbons (Fsp3) is 0.714. The average molecular weight is 283 g/mol. The van der Waals surface area contributed by atoms with Gasteiger partial charge in [0.1, 0.15) is 0 Å². The lowest BCUT2D eigenvalue weighted by atomic mass is 9.85. The Kier molecular flexibility index (Phi) is 3.80. The Hall–Kier alpha value is -0.810. The number of methoxy groups -OCH3 is 1. The van der Waals surface area contributed by atoms with E-state index in [9.17, 15) is 9.59 Å². The second-order valence-electron chi connectivity index (χ2n) is 6.13. The molecule has 5 heteroatoms. The molecule has 0 aromatic carbocycles. The van der Waals surface area contributed by atoms with Crippen LogP contribution in [0.4, 0.5) is 0 Å². The summed E-state index contributed by atoms with van der Waals surface area (Å²) < 4.78 is 5.44. The molecular formula is C14H21NO3S. The van der Waals surface area contributed by atoms with Crippen molar-refractivity contribution in [1.82, 2.24) is 4.90 Å². The van der Waals surface area contributed by atoms with Crippen LogP contribution in [0.3, 0.4) is 0 Å². The topological polar surface area (TPSA) is 46.6 Å². The fourth-order valence-corrected chi connectivity index (χ4v) is 3.63. The van der Waals surface area contributed by atoms with Crippen LogP contribution in [0.5, 0.6) is 0 Å². The van der Waals surface area contributed by atoms with Gasteiger partial charge < -0.3 is 4.74 Å². The van der Waals surface area contributed by atoms with Crippen molar-refractivity contribution in [2.24, 2.45) is 5.41 Å². The van der Waals surface area contributed by atoms with Gasteiger partial charge in [-0.05, 0) is 12.5 Å². The van der Waals surface area contributed by atoms with Crippen molar-refractivity contribution in [3.63, 3.8) is 0 Å². The molecule has 1 amide bonds. The Balaban J connectivity index is 2.36. The van der Waals surface area contributed by atoms with Crippen molar-refractivity contribution in [1.29, 1.82) is 0 Å². The molecule has 2 heterocycles. The molecule has 2 rings (SSSR count). The second kappa shape index (κ2) is 4.94. The maximum Gasteiger partial charge on any atom is 0.230 e. The second-order valence-corrected chi connectivity index (χ2v) is 7.30. The summed E-state index contributed by atoms with van der Waals surface area (Å²) in [6.07, 6.45) is -0.0608. The Morgan fingerprint density at radius 2 is 2.11 bits per heavy atom. The van der Waals surface area contributed by atoms with Crippen LogP contribution in [0.2, 0.25) is 0 Å². The molecule has 0 saturated carbocycles. The first-order valence-corrected chi connectivity index (χ1v) is 7.52. The SMILES string of the molecule is COC(C(=O)C(C)(C)C)C1=C(C)CS[C@H]2CC(=O)N12. The molecule has 2 aliphatic heterocycles. The van der Waals surface area contributed by atoms with Gasteiger partial charge in [0.05, 0.1) is 17.5 Å². The van der Waals surface area contributed by atoms with Crippen molar-refractivity contribution in [2.75, 3.05) is 12.9 Å². The number of ketones is 1. The minimum Gasteiger partial charge on any atom is -0.367 e. The van der Waals surface area contributed by atoms with Gasteiger partial charge in [-0.1, -0.05) is 20.8 Å². The molecule has 0 aromatic rings. The third-order valence-corrected chi connectivity index (χ3v) is 4.92. The fourth-order valence-electron chi connectivity index (χ4n) is 2.40. The molecule has 19 heavy (non-hydrogen) atoms. The Morgan fingerprint density at radius 1 is 1.47 bits per heavy atom. The van der Waals surface area contributed by atoms with Gasteiger partial charge in [-0.3, -0.25) is 14.5 Å². The van der Waals surface area contributed by atoms with Gasteiger partial charge in [0, 0.05) is 18.3 Å².